The van der Waals surface area contributed by atoms with Gasteiger partial charge in [0.1, 0.15) is 5.78 Å². The van der Waals surface area contributed by atoms with E-state index in [-0.39, 0.29) is 11.3 Å². The molecule has 0 saturated heterocycles. The molecular weight excluding hydrogens is 254 g/mol. The number of ketones is 1. The lowest BCUT2D eigenvalue weighted by Gasteiger charge is -2.38. The molecule has 20 heavy (non-hydrogen) atoms. The van der Waals surface area contributed by atoms with E-state index in [1.807, 2.05) is 0 Å². The van der Waals surface area contributed by atoms with Crippen LogP contribution in [0.25, 0.3) is 0 Å². The SMILES string of the molecule is COCCN(CC1CCCC(C)(C)C1=O)C(C)COC. The van der Waals surface area contributed by atoms with Gasteiger partial charge in [0.2, 0.25) is 0 Å². The van der Waals surface area contributed by atoms with E-state index in [1.165, 1.54) is 0 Å². The highest BCUT2D eigenvalue weighted by molar-refractivity contribution is 5.87. The van der Waals surface area contributed by atoms with E-state index >= 15 is 0 Å². The summed E-state index contributed by atoms with van der Waals surface area (Å²) >= 11 is 0. The number of hydrogen-bond acceptors (Lipinski definition) is 4. The van der Waals surface area contributed by atoms with Crippen molar-refractivity contribution in [1.29, 1.82) is 0 Å². The Morgan fingerprint density at radius 3 is 2.65 bits per heavy atom. The lowest BCUT2D eigenvalue weighted by atomic mass is 9.71. The summed E-state index contributed by atoms with van der Waals surface area (Å²) in [6.45, 7) is 9.38. The van der Waals surface area contributed by atoms with Gasteiger partial charge in [0.25, 0.3) is 0 Å². The number of Topliss-reactive ketones (excluding diaryl/α,β-unsaturated/α-hetero) is 1. The molecule has 2 unspecified atom stereocenters. The monoisotopic (exact) mass is 285 g/mol. The average Bonchev–Trinajstić information content (AvgIpc) is 2.39. The molecule has 1 aliphatic carbocycles. The Morgan fingerprint density at radius 1 is 1.35 bits per heavy atom. The van der Waals surface area contributed by atoms with Crippen LogP contribution in [-0.4, -0.2) is 57.2 Å². The Hall–Kier alpha value is -0.450. The first-order valence-electron chi connectivity index (χ1n) is 7.68. The number of nitrogens with zero attached hydrogens (tertiary/aromatic N) is 1. The summed E-state index contributed by atoms with van der Waals surface area (Å²) < 4.78 is 10.4. The third-order valence-corrected chi connectivity index (χ3v) is 4.46. The second-order valence-corrected chi connectivity index (χ2v) is 6.63. The first-order valence-corrected chi connectivity index (χ1v) is 7.68. The number of rotatable bonds is 8. The summed E-state index contributed by atoms with van der Waals surface area (Å²) in [5.41, 5.74) is -0.152. The van der Waals surface area contributed by atoms with Crippen molar-refractivity contribution in [2.45, 2.75) is 46.1 Å². The zero-order valence-corrected chi connectivity index (χ0v) is 13.8. The van der Waals surface area contributed by atoms with E-state index in [0.717, 1.165) is 32.4 Å². The van der Waals surface area contributed by atoms with Crippen molar-refractivity contribution in [3.05, 3.63) is 0 Å². The molecule has 0 bridgehead atoms. The molecule has 0 N–H and O–H groups in total. The molecule has 0 spiro atoms. The summed E-state index contributed by atoms with van der Waals surface area (Å²) in [5, 5.41) is 0. The van der Waals surface area contributed by atoms with Crippen LogP contribution in [-0.2, 0) is 14.3 Å². The molecule has 0 amide bonds. The predicted octanol–water partition coefficient (Wildman–Crippen LogP) is 2.37. The summed E-state index contributed by atoms with van der Waals surface area (Å²) in [6.07, 6.45) is 3.19. The second-order valence-electron chi connectivity index (χ2n) is 6.63. The van der Waals surface area contributed by atoms with Crippen LogP contribution in [0.5, 0.6) is 0 Å². The Bertz CT molecular complexity index is 304. The highest BCUT2D eigenvalue weighted by atomic mass is 16.5. The van der Waals surface area contributed by atoms with Crippen LogP contribution in [0.3, 0.4) is 0 Å². The van der Waals surface area contributed by atoms with Crippen molar-refractivity contribution < 1.29 is 14.3 Å². The minimum atomic E-state index is -0.152. The fourth-order valence-electron chi connectivity index (χ4n) is 3.10. The molecule has 1 aliphatic rings. The molecule has 0 radical (unpaired) electrons. The number of methoxy groups -OCH3 is 2. The molecule has 118 valence electrons. The average molecular weight is 285 g/mol. The predicted molar refractivity (Wildman–Crippen MR) is 80.9 cm³/mol. The molecule has 0 aliphatic heterocycles. The van der Waals surface area contributed by atoms with Crippen molar-refractivity contribution in [2.24, 2.45) is 11.3 Å². The third-order valence-electron chi connectivity index (χ3n) is 4.46. The zero-order chi connectivity index (χ0) is 15.2. The second kappa shape index (κ2) is 8.11. The normalized spacial score (nSPS) is 24.1. The minimum Gasteiger partial charge on any atom is -0.383 e. The molecule has 0 aromatic heterocycles. The van der Waals surface area contributed by atoms with Crippen LogP contribution in [0.15, 0.2) is 0 Å². The molecule has 1 fully saturated rings. The van der Waals surface area contributed by atoms with E-state index in [4.69, 9.17) is 9.47 Å². The van der Waals surface area contributed by atoms with Crippen LogP contribution < -0.4 is 0 Å². The lowest BCUT2D eigenvalue weighted by molar-refractivity contribution is -0.135. The van der Waals surface area contributed by atoms with Gasteiger partial charge in [0.05, 0.1) is 13.2 Å². The van der Waals surface area contributed by atoms with E-state index in [9.17, 15) is 4.79 Å². The maximum Gasteiger partial charge on any atom is 0.142 e. The van der Waals surface area contributed by atoms with Crippen LogP contribution in [0, 0.1) is 11.3 Å². The van der Waals surface area contributed by atoms with E-state index < -0.39 is 0 Å². The van der Waals surface area contributed by atoms with E-state index in [1.54, 1.807) is 14.2 Å². The van der Waals surface area contributed by atoms with Gasteiger partial charge in [-0.25, -0.2) is 0 Å². The summed E-state index contributed by atoms with van der Waals surface area (Å²) in [7, 11) is 3.44. The number of ether oxygens (including phenoxy) is 2. The number of carbonyl (C=O) groups excluding carboxylic acids is 1. The van der Waals surface area contributed by atoms with Crippen molar-refractivity contribution >= 4 is 5.78 Å². The van der Waals surface area contributed by atoms with Gasteiger partial charge >= 0.3 is 0 Å². The maximum absolute atomic E-state index is 12.5. The molecule has 1 rings (SSSR count). The number of carbonyl (C=O) groups is 1. The van der Waals surface area contributed by atoms with Crippen LogP contribution in [0.1, 0.15) is 40.0 Å². The molecule has 0 aromatic rings. The van der Waals surface area contributed by atoms with Gasteiger partial charge in [-0.05, 0) is 19.8 Å². The molecular formula is C16H31NO3. The molecule has 1 saturated carbocycles. The minimum absolute atomic E-state index is 0.152. The third kappa shape index (κ3) is 4.83. The van der Waals surface area contributed by atoms with Crippen molar-refractivity contribution in [3.63, 3.8) is 0 Å². The topological polar surface area (TPSA) is 38.8 Å². The first-order chi connectivity index (χ1) is 9.42. The summed E-state index contributed by atoms with van der Waals surface area (Å²) in [6, 6.07) is 0.313. The van der Waals surface area contributed by atoms with Gasteiger partial charge in [0, 0.05) is 44.7 Å². The fourth-order valence-corrected chi connectivity index (χ4v) is 3.10. The summed E-state index contributed by atoms with van der Waals surface area (Å²) in [5.74, 6) is 0.589. The first kappa shape index (κ1) is 17.6. The van der Waals surface area contributed by atoms with E-state index in [2.05, 4.69) is 25.7 Å². The Balaban J connectivity index is 2.65. The smallest absolute Gasteiger partial charge is 0.142 e. The van der Waals surface area contributed by atoms with Gasteiger partial charge in [-0.15, -0.1) is 0 Å². The van der Waals surface area contributed by atoms with Crippen LogP contribution in [0.2, 0.25) is 0 Å². The quantitative estimate of drug-likeness (QED) is 0.686. The van der Waals surface area contributed by atoms with Crippen LogP contribution >= 0.6 is 0 Å². The van der Waals surface area contributed by atoms with E-state index in [0.29, 0.717) is 25.0 Å². The zero-order valence-electron chi connectivity index (χ0n) is 13.8. The van der Waals surface area contributed by atoms with Crippen LogP contribution in [0.4, 0.5) is 0 Å². The molecule has 4 heteroatoms. The molecule has 4 nitrogen and oxygen atoms in total. The molecule has 2 atom stereocenters. The van der Waals surface area contributed by atoms with Gasteiger partial charge in [-0.3, -0.25) is 9.69 Å². The van der Waals surface area contributed by atoms with Crippen molar-refractivity contribution in [3.8, 4) is 0 Å². The van der Waals surface area contributed by atoms with Gasteiger partial charge < -0.3 is 9.47 Å². The Morgan fingerprint density at radius 2 is 2.05 bits per heavy atom. The van der Waals surface area contributed by atoms with Gasteiger partial charge in [-0.1, -0.05) is 20.3 Å². The van der Waals surface area contributed by atoms with Gasteiger partial charge in [0.15, 0.2) is 0 Å². The standard InChI is InChI=1S/C16H31NO3/c1-13(12-20-5)17(9-10-19-4)11-14-7-6-8-16(2,3)15(14)18/h13-14H,6-12H2,1-5H3. The highest BCUT2D eigenvalue weighted by Crippen LogP contribution is 2.35. The number of hydrogen-bond donors (Lipinski definition) is 0. The molecule has 0 heterocycles. The Labute approximate surface area is 123 Å². The summed E-state index contributed by atoms with van der Waals surface area (Å²) in [4.78, 5) is 14.9. The van der Waals surface area contributed by atoms with Crippen molar-refractivity contribution in [2.75, 3.05) is 40.5 Å². The molecule has 0 aromatic carbocycles. The van der Waals surface area contributed by atoms with Gasteiger partial charge in [-0.2, -0.15) is 0 Å². The maximum atomic E-state index is 12.5. The fraction of sp³-hybridized carbons (Fsp3) is 0.938. The largest absolute Gasteiger partial charge is 0.383 e. The Kier molecular flexibility index (Phi) is 7.13. The lowest BCUT2D eigenvalue weighted by Crippen LogP contribution is -2.46. The van der Waals surface area contributed by atoms with Crippen molar-refractivity contribution in [1.82, 2.24) is 4.90 Å². The highest BCUT2D eigenvalue weighted by Gasteiger charge is 2.38.